The van der Waals surface area contributed by atoms with Crippen LogP contribution < -0.4 is 29.1 Å². The van der Waals surface area contributed by atoms with Crippen LogP contribution in [-0.4, -0.2) is 40.7 Å². The second-order valence-electron chi connectivity index (χ2n) is 5.72. The minimum Gasteiger partial charge on any atom is -0.504 e. The van der Waals surface area contributed by atoms with Crippen LogP contribution in [0.15, 0.2) is 33.7 Å². The maximum atomic E-state index is 13.3. The number of methoxy groups -OCH3 is 5. The van der Waals surface area contributed by atoms with E-state index in [1.165, 1.54) is 47.9 Å². The second kappa shape index (κ2) is 7.59. The molecule has 148 valence electrons. The van der Waals surface area contributed by atoms with E-state index in [0.717, 1.165) is 0 Å². The zero-order chi connectivity index (χ0) is 20.4. The summed E-state index contributed by atoms with van der Waals surface area (Å²) in [5.74, 6) is 1.27. The fourth-order valence-corrected chi connectivity index (χ4v) is 3.02. The van der Waals surface area contributed by atoms with Gasteiger partial charge in [-0.05, 0) is 6.07 Å². The Bertz CT molecular complexity index is 1080. The van der Waals surface area contributed by atoms with Crippen molar-refractivity contribution in [3.05, 3.63) is 34.7 Å². The highest BCUT2D eigenvalue weighted by atomic mass is 16.5. The number of phenolic OH excluding ortho intramolecular Hbond substituents is 1. The number of fused-ring (bicyclic) bond motifs is 1. The van der Waals surface area contributed by atoms with E-state index in [-0.39, 0.29) is 39.2 Å². The molecule has 0 aliphatic rings. The van der Waals surface area contributed by atoms with Crippen LogP contribution in [0.2, 0.25) is 0 Å². The van der Waals surface area contributed by atoms with Crippen LogP contribution in [0, 0.1) is 0 Å². The van der Waals surface area contributed by atoms with Crippen molar-refractivity contribution in [3.63, 3.8) is 0 Å². The maximum Gasteiger partial charge on any atom is 0.204 e. The molecular formula is C20H20O8. The summed E-state index contributed by atoms with van der Waals surface area (Å²) in [6.07, 6.45) is 1.27. The molecule has 8 nitrogen and oxygen atoms in total. The van der Waals surface area contributed by atoms with Crippen molar-refractivity contribution in [2.45, 2.75) is 0 Å². The van der Waals surface area contributed by atoms with Gasteiger partial charge in [-0.15, -0.1) is 0 Å². The first kappa shape index (κ1) is 19.2. The summed E-state index contributed by atoms with van der Waals surface area (Å²) in [7, 11) is 7.24. The summed E-state index contributed by atoms with van der Waals surface area (Å²) >= 11 is 0. The van der Waals surface area contributed by atoms with Crippen LogP contribution in [0.5, 0.6) is 34.5 Å². The molecule has 2 aromatic carbocycles. The number of ether oxygens (including phenoxy) is 5. The van der Waals surface area contributed by atoms with Gasteiger partial charge in [-0.2, -0.15) is 0 Å². The quantitative estimate of drug-likeness (QED) is 0.688. The number of hydrogen-bond acceptors (Lipinski definition) is 8. The topological polar surface area (TPSA) is 96.6 Å². The molecule has 1 N–H and O–H groups in total. The minimum atomic E-state index is -0.387. The summed E-state index contributed by atoms with van der Waals surface area (Å²) in [4.78, 5) is 13.3. The van der Waals surface area contributed by atoms with E-state index < -0.39 is 0 Å². The van der Waals surface area contributed by atoms with Crippen molar-refractivity contribution >= 4 is 11.0 Å². The highest BCUT2D eigenvalue weighted by Crippen LogP contribution is 2.43. The molecule has 0 aliphatic carbocycles. The Morgan fingerprint density at radius 2 is 1.36 bits per heavy atom. The highest BCUT2D eigenvalue weighted by Gasteiger charge is 2.23. The molecule has 0 saturated carbocycles. The van der Waals surface area contributed by atoms with Gasteiger partial charge in [-0.1, -0.05) is 0 Å². The molecule has 1 heterocycles. The minimum absolute atomic E-state index is 0.0405. The van der Waals surface area contributed by atoms with Crippen molar-refractivity contribution in [2.75, 3.05) is 35.5 Å². The number of hydrogen-bond donors (Lipinski definition) is 1. The summed E-state index contributed by atoms with van der Waals surface area (Å²) in [5, 5.41) is 10.2. The summed E-state index contributed by atoms with van der Waals surface area (Å²) in [6, 6.07) is 4.54. The van der Waals surface area contributed by atoms with Gasteiger partial charge >= 0.3 is 0 Å². The van der Waals surface area contributed by atoms with E-state index >= 15 is 0 Å². The van der Waals surface area contributed by atoms with E-state index in [2.05, 4.69) is 0 Å². The van der Waals surface area contributed by atoms with Crippen molar-refractivity contribution in [3.8, 4) is 45.6 Å². The fourth-order valence-electron chi connectivity index (χ4n) is 3.02. The zero-order valence-corrected chi connectivity index (χ0v) is 16.1. The van der Waals surface area contributed by atoms with Gasteiger partial charge in [-0.3, -0.25) is 4.79 Å². The largest absolute Gasteiger partial charge is 0.504 e. The Kier molecular flexibility index (Phi) is 5.21. The first-order valence-electron chi connectivity index (χ1n) is 8.20. The fraction of sp³-hybridized carbons (Fsp3) is 0.250. The molecule has 0 fully saturated rings. The molecular weight excluding hydrogens is 368 g/mol. The van der Waals surface area contributed by atoms with E-state index in [0.29, 0.717) is 22.8 Å². The SMILES string of the molecule is COc1cc(OC)c(-c2coc3c(OC)c(O)cc(OC)c3c2=O)cc1OC. The lowest BCUT2D eigenvalue weighted by Gasteiger charge is -2.15. The Hall–Kier alpha value is -3.55. The number of rotatable bonds is 6. The van der Waals surface area contributed by atoms with Crippen LogP contribution in [0.4, 0.5) is 0 Å². The number of benzene rings is 2. The average molecular weight is 388 g/mol. The number of aromatic hydroxyl groups is 1. The van der Waals surface area contributed by atoms with E-state index in [9.17, 15) is 9.90 Å². The Morgan fingerprint density at radius 3 is 1.93 bits per heavy atom. The molecule has 0 atom stereocenters. The third-order valence-corrected chi connectivity index (χ3v) is 4.37. The Morgan fingerprint density at radius 1 is 0.750 bits per heavy atom. The smallest absolute Gasteiger partial charge is 0.204 e. The predicted molar refractivity (Wildman–Crippen MR) is 102 cm³/mol. The third kappa shape index (κ3) is 2.92. The van der Waals surface area contributed by atoms with Crippen molar-refractivity contribution < 1.29 is 33.2 Å². The van der Waals surface area contributed by atoms with Gasteiger partial charge in [0, 0.05) is 17.7 Å². The standard InChI is InChI=1S/C20H20O8/c1-23-13-8-15(25-3)14(24-2)6-10(13)11-9-28-20-17(18(11)22)16(26-4)7-12(21)19(20)27-5/h6-9,21H,1-5H3. The van der Waals surface area contributed by atoms with Crippen molar-refractivity contribution in [1.82, 2.24) is 0 Å². The molecule has 1 aromatic heterocycles. The van der Waals surface area contributed by atoms with Gasteiger partial charge in [-0.25, -0.2) is 0 Å². The Balaban J connectivity index is 2.39. The lowest BCUT2D eigenvalue weighted by Crippen LogP contribution is -2.08. The second-order valence-corrected chi connectivity index (χ2v) is 5.72. The van der Waals surface area contributed by atoms with Gasteiger partial charge in [0.1, 0.15) is 23.1 Å². The van der Waals surface area contributed by atoms with Gasteiger partial charge in [0.05, 0.1) is 41.1 Å². The van der Waals surface area contributed by atoms with Gasteiger partial charge < -0.3 is 33.2 Å². The molecule has 0 spiro atoms. The zero-order valence-electron chi connectivity index (χ0n) is 16.1. The van der Waals surface area contributed by atoms with Crippen molar-refractivity contribution in [1.29, 1.82) is 0 Å². The van der Waals surface area contributed by atoms with Crippen molar-refractivity contribution in [2.24, 2.45) is 0 Å². The Labute approximate surface area is 160 Å². The molecule has 0 unspecified atom stereocenters. The van der Waals surface area contributed by atoms with Crippen LogP contribution in [0.1, 0.15) is 0 Å². The van der Waals surface area contributed by atoms with Crippen LogP contribution >= 0.6 is 0 Å². The molecule has 3 rings (SSSR count). The lowest BCUT2D eigenvalue weighted by molar-refractivity contribution is 0.349. The molecule has 0 radical (unpaired) electrons. The summed E-state index contributed by atoms with van der Waals surface area (Å²) in [6.45, 7) is 0. The van der Waals surface area contributed by atoms with E-state index in [1.54, 1.807) is 12.1 Å². The lowest BCUT2D eigenvalue weighted by atomic mass is 10.0. The first-order valence-corrected chi connectivity index (χ1v) is 8.20. The monoisotopic (exact) mass is 388 g/mol. The van der Waals surface area contributed by atoms with E-state index in [1.807, 2.05) is 0 Å². The molecule has 28 heavy (non-hydrogen) atoms. The molecule has 0 amide bonds. The predicted octanol–water partition coefficient (Wildman–Crippen LogP) is 3.21. The summed E-state index contributed by atoms with van der Waals surface area (Å²) < 4.78 is 32.1. The van der Waals surface area contributed by atoms with Crippen LogP contribution in [0.25, 0.3) is 22.1 Å². The van der Waals surface area contributed by atoms with Crippen LogP contribution in [0.3, 0.4) is 0 Å². The highest BCUT2D eigenvalue weighted by molar-refractivity contribution is 5.93. The molecule has 0 bridgehead atoms. The first-order chi connectivity index (χ1) is 13.5. The average Bonchev–Trinajstić information content (AvgIpc) is 2.72. The summed E-state index contributed by atoms with van der Waals surface area (Å²) in [5.41, 5.74) is 0.357. The van der Waals surface area contributed by atoms with E-state index in [4.69, 9.17) is 28.1 Å². The van der Waals surface area contributed by atoms with Crippen LogP contribution in [-0.2, 0) is 0 Å². The third-order valence-electron chi connectivity index (χ3n) is 4.37. The van der Waals surface area contributed by atoms with Gasteiger partial charge in [0.25, 0.3) is 0 Å². The van der Waals surface area contributed by atoms with Gasteiger partial charge in [0.2, 0.25) is 11.2 Å². The normalized spacial score (nSPS) is 10.6. The molecule has 3 aromatic rings. The molecule has 0 aliphatic heterocycles. The number of phenols is 1. The molecule has 0 saturated heterocycles. The van der Waals surface area contributed by atoms with Gasteiger partial charge in [0.15, 0.2) is 22.8 Å². The maximum absolute atomic E-state index is 13.3. The molecule has 8 heteroatoms.